The lowest BCUT2D eigenvalue weighted by molar-refractivity contribution is 0.0877. The van der Waals surface area contributed by atoms with Crippen LogP contribution >= 0.6 is 0 Å². The Morgan fingerprint density at radius 1 is 0.348 bits per heavy atom. The highest BCUT2D eigenvalue weighted by atomic mass is 16.2. The number of hydrogen-bond donors (Lipinski definition) is 0. The first-order valence-electron chi connectivity index (χ1n) is 15.3. The van der Waals surface area contributed by atoms with Crippen LogP contribution < -0.4 is 9.80 Å². The zero-order chi connectivity index (χ0) is 31.8. The largest absolute Gasteiger partial charge is 0.268 e. The number of benzene rings is 7. The minimum atomic E-state index is -0.350. The number of anilines is 2. The molecular formula is C40H26N2O4. The maximum Gasteiger partial charge on any atom is 0.266 e. The van der Waals surface area contributed by atoms with Gasteiger partial charge in [-0.2, -0.15) is 0 Å². The van der Waals surface area contributed by atoms with Gasteiger partial charge in [0.15, 0.2) is 0 Å². The number of nitrogens with zero attached hydrogens (tertiary/aromatic N) is 2. The highest BCUT2D eigenvalue weighted by molar-refractivity contribution is 6.45. The maximum atomic E-state index is 14.1. The molecule has 0 spiro atoms. The lowest BCUT2D eigenvalue weighted by atomic mass is 9.82. The van der Waals surface area contributed by atoms with Crippen molar-refractivity contribution < 1.29 is 19.2 Å². The molecule has 0 aromatic heterocycles. The molecule has 2 aliphatic heterocycles. The molecule has 0 saturated heterocycles. The van der Waals surface area contributed by atoms with Gasteiger partial charge in [-0.05, 0) is 107 Å². The molecule has 0 saturated carbocycles. The molecule has 0 atom stereocenters. The Morgan fingerprint density at radius 3 is 0.870 bits per heavy atom. The highest BCUT2D eigenvalue weighted by Crippen LogP contribution is 2.47. The van der Waals surface area contributed by atoms with Crippen LogP contribution in [0.5, 0.6) is 0 Å². The van der Waals surface area contributed by atoms with Crippen molar-refractivity contribution in [1.29, 1.82) is 0 Å². The molecule has 6 heteroatoms. The van der Waals surface area contributed by atoms with Gasteiger partial charge in [-0.3, -0.25) is 19.2 Å². The number of carbonyl (C=O) groups is 4. The number of hydrogen-bond acceptors (Lipinski definition) is 4. The summed E-state index contributed by atoms with van der Waals surface area (Å²) in [6.07, 6.45) is 0. The Morgan fingerprint density at radius 2 is 0.609 bits per heavy atom. The molecule has 0 fully saturated rings. The van der Waals surface area contributed by atoms with Gasteiger partial charge in [-0.1, -0.05) is 60.7 Å². The third-order valence-electron chi connectivity index (χ3n) is 9.96. The van der Waals surface area contributed by atoms with E-state index in [0.717, 1.165) is 54.6 Å². The summed E-state index contributed by atoms with van der Waals surface area (Å²) in [4.78, 5) is 59.1. The Labute approximate surface area is 263 Å². The minimum Gasteiger partial charge on any atom is -0.268 e. The Bertz CT molecular complexity index is 2270. The van der Waals surface area contributed by atoms with Crippen LogP contribution in [0.1, 0.15) is 63.7 Å². The number of imide groups is 2. The standard InChI is InChI=1S/C40H26N2O4/c1-19-7-5-8-20(2)35(19)41-37(43)27-15-11-23-25-13-17-29-34-30(40(46)42(39(29)45)36-21(3)9-6-10-22(36)4)18-14-26(32(25)34)24-12-16-28(38(41)44)33(27)31(23)24/h5-18H,1-4H3. The van der Waals surface area contributed by atoms with Gasteiger partial charge in [0.1, 0.15) is 0 Å². The molecule has 7 aromatic carbocycles. The third-order valence-corrected chi connectivity index (χ3v) is 9.96. The summed E-state index contributed by atoms with van der Waals surface area (Å²) < 4.78 is 0. The van der Waals surface area contributed by atoms with Crippen LogP contribution in [0.2, 0.25) is 0 Å². The SMILES string of the molecule is Cc1cccc(C)c1N1C(=O)c2ccc3c4ccc5c6c(ccc(c7ccc(c2c37)C1=O)c64)C(=O)N(c1c(C)cccc1C)C5=O. The van der Waals surface area contributed by atoms with Crippen molar-refractivity contribution >= 4 is 78.1 Å². The van der Waals surface area contributed by atoms with Crippen LogP contribution in [0.3, 0.4) is 0 Å². The first-order valence-corrected chi connectivity index (χ1v) is 15.3. The monoisotopic (exact) mass is 598 g/mol. The smallest absolute Gasteiger partial charge is 0.266 e. The molecular weight excluding hydrogens is 572 g/mol. The molecule has 7 aromatic rings. The topological polar surface area (TPSA) is 74.8 Å². The summed E-state index contributed by atoms with van der Waals surface area (Å²) in [6, 6.07) is 26.4. The van der Waals surface area contributed by atoms with Gasteiger partial charge in [-0.15, -0.1) is 0 Å². The second-order valence-electron chi connectivity index (χ2n) is 12.5. The molecule has 220 valence electrons. The Balaban J connectivity index is 1.32. The van der Waals surface area contributed by atoms with E-state index in [2.05, 4.69) is 0 Å². The van der Waals surface area contributed by atoms with E-state index >= 15 is 0 Å². The van der Waals surface area contributed by atoms with Crippen LogP contribution in [0.4, 0.5) is 11.4 Å². The summed E-state index contributed by atoms with van der Waals surface area (Å²) in [5, 5.41) is 6.41. The van der Waals surface area contributed by atoms with Gasteiger partial charge in [0.25, 0.3) is 23.6 Å². The molecule has 0 radical (unpaired) electrons. The number of carbonyl (C=O) groups excluding carboxylic acids is 4. The first-order chi connectivity index (χ1) is 22.2. The van der Waals surface area contributed by atoms with E-state index < -0.39 is 0 Å². The Hall–Kier alpha value is -5.88. The predicted molar refractivity (Wildman–Crippen MR) is 182 cm³/mol. The predicted octanol–water partition coefficient (Wildman–Crippen LogP) is 8.57. The second kappa shape index (κ2) is 8.86. The van der Waals surface area contributed by atoms with Crippen LogP contribution in [0, 0.1) is 27.7 Å². The summed E-state index contributed by atoms with van der Waals surface area (Å²) in [5.74, 6) is -1.40. The van der Waals surface area contributed by atoms with Gasteiger partial charge in [0.05, 0.1) is 11.4 Å². The quantitative estimate of drug-likeness (QED) is 0.114. The highest BCUT2D eigenvalue weighted by Gasteiger charge is 2.39. The zero-order valence-electron chi connectivity index (χ0n) is 25.6. The average Bonchev–Trinajstić information content (AvgIpc) is 3.04. The minimum absolute atomic E-state index is 0.350. The van der Waals surface area contributed by atoms with Gasteiger partial charge < -0.3 is 0 Å². The number of rotatable bonds is 2. The fraction of sp³-hybridized carbons (Fsp3) is 0.100. The van der Waals surface area contributed by atoms with Crippen LogP contribution in [0.15, 0.2) is 84.9 Å². The average molecular weight is 599 g/mol. The van der Waals surface area contributed by atoms with E-state index in [-0.39, 0.29) is 23.6 Å². The van der Waals surface area contributed by atoms with E-state index in [1.807, 2.05) is 88.4 Å². The molecule has 46 heavy (non-hydrogen) atoms. The van der Waals surface area contributed by atoms with E-state index in [0.29, 0.717) is 44.4 Å². The summed E-state index contributed by atoms with van der Waals surface area (Å²) >= 11 is 0. The van der Waals surface area contributed by atoms with Crippen molar-refractivity contribution in [3.63, 3.8) is 0 Å². The van der Waals surface area contributed by atoms with Crippen molar-refractivity contribution in [2.75, 3.05) is 9.80 Å². The molecule has 9 rings (SSSR count). The van der Waals surface area contributed by atoms with Crippen molar-refractivity contribution in [1.82, 2.24) is 0 Å². The van der Waals surface area contributed by atoms with Crippen molar-refractivity contribution in [2.24, 2.45) is 0 Å². The third kappa shape index (κ3) is 3.10. The maximum absolute atomic E-state index is 14.1. The van der Waals surface area contributed by atoms with Crippen molar-refractivity contribution in [3.8, 4) is 0 Å². The molecule has 0 bridgehead atoms. The summed E-state index contributed by atoms with van der Waals surface area (Å²) in [6.45, 7) is 7.63. The Kier molecular flexibility index (Phi) is 5.10. The van der Waals surface area contributed by atoms with Gasteiger partial charge >= 0.3 is 0 Å². The van der Waals surface area contributed by atoms with Gasteiger partial charge in [0, 0.05) is 33.0 Å². The van der Waals surface area contributed by atoms with E-state index in [4.69, 9.17) is 0 Å². The lowest BCUT2D eigenvalue weighted by Crippen LogP contribution is -2.41. The zero-order valence-corrected chi connectivity index (χ0v) is 25.6. The summed E-state index contributed by atoms with van der Waals surface area (Å²) in [7, 11) is 0. The fourth-order valence-electron chi connectivity index (χ4n) is 7.99. The lowest BCUT2D eigenvalue weighted by Gasteiger charge is -2.31. The molecule has 0 unspecified atom stereocenters. The van der Waals surface area contributed by atoms with Crippen LogP contribution in [-0.4, -0.2) is 23.6 Å². The molecule has 4 amide bonds. The molecule has 0 aliphatic carbocycles. The summed E-state index contributed by atoms with van der Waals surface area (Å²) in [5.41, 5.74) is 6.53. The molecule has 6 nitrogen and oxygen atoms in total. The number of fused-ring (bicyclic) bond motifs is 2. The van der Waals surface area contributed by atoms with Crippen molar-refractivity contribution in [2.45, 2.75) is 27.7 Å². The normalized spacial score (nSPS) is 14.6. The van der Waals surface area contributed by atoms with Gasteiger partial charge in [0.2, 0.25) is 0 Å². The number of aryl methyl sites for hydroxylation is 4. The molecule has 2 heterocycles. The molecule has 2 aliphatic rings. The van der Waals surface area contributed by atoms with E-state index in [1.165, 1.54) is 9.80 Å². The second-order valence-corrected chi connectivity index (χ2v) is 12.5. The number of amides is 4. The molecule has 0 N–H and O–H groups in total. The number of para-hydroxylation sites is 2. The van der Waals surface area contributed by atoms with Gasteiger partial charge in [-0.25, -0.2) is 9.80 Å². The van der Waals surface area contributed by atoms with E-state index in [1.54, 1.807) is 24.3 Å². The van der Waals surface area contributed by atoms with Crippen molar-refractivity contribution in [3.05, 3.63) is 129 Å². The fourth-order valence-corrected chi connectivity index (χ4v) is 7.99. The van der Waals surface area contributed by atoms with E-state index in [9.17, 15) is 19.2 Å². The first kappa shape index (κ1) is 26.5. The van der Waals surface area contributed by atoms with Crippen LogP contribution in [-0.2, 0) is 0 Å². The van der Waals surface area contributed by atoms with Crippen LogP contribution in [0.25, 0.3) is 43.1 Å².